The fourth-order valence-corrected chi connectivity index (χ4v) is 2.90. The van der Waals surface area contributed by atoms with Gasteiger partial charge in [0.1, 0.15) is 5.82 Å². The summed E-state index contributed by atoms with van der Waals surface area (Å²) in [4.78, 5) is 0. The summed E-state index contributed by atoms with van der Waals surface area (Å²) in [7, 11) is 0. The van der Waals surface area contributed by atoms with E-state index in [9.17, 15) is 4.39 Å². The Kier molecular flexibility index (Phi) is 3.68. The van der Waals surface area contributed by atoms with E-state index in [0.717, 1.165) is 31.2 Å². The Balaban J connectivity index is 1.70. The van der Waals surface area contributed by atoms with Crippen LogP contribution in [0.5, 0.6) is 0 Å². The van der Waals surface area contributed by atoms with Gasteiger partial charge in [0.05, 0.1) is 10.6 Å². The Morgan fingerprint density at radius 3 is 2.89 bits per heavy atom. The standard InChI is InChI=1S/C14H17BrFNO/c15-12-7-9(1-4-13(12)16)14-10(5-6-18-14)8-17-11-2-3-11/h1,4,7,10-11,14,17H,2-3,5-6,8H2. The molecule has 2 fully saturated rings. The molecule has 1 aliphatic heterocycles. The molecule has 0 bridgehead atoms. The van der Waals surface area contributed by atoms with Crippen molar-refractivity contribution < 1.29 is 9.13 Å². The van der Waals surface area contributed by atoms with Crippen LogP contribution in [-0.2, 0) is 4.74 Å². The maximum Gasteiger partial charge on any atom is 0.137 e. The third kappa shape index (κ3) is 2.76. The minimum absolute atomic E-state index is 0.105. The molecule has 2 nitrogen and oxygen atoms in total. The molecule has 2 atom stereocenters. The van der Waals surface area contributed by atoms with Crippen molar-refractivity contribution in [3.63, 3.8) is 0 Å². The summed E-state index contributed by atoms with van der Waals surface area (Å²) in [5.41, 5.74) is 1.07. The molecule has 1 saturated heterocycles. The summed E-state index contributed by atoms with van der Waals surface area (Å²) < 4.78 is 19.6. The van der Waals surface area contributed by atoms with E-state index in [1.807, 2.05) is 12.1 Å². The van der Waals surface area contributed by atoms with Crippen LogP contribution in [0.25, 0.3) is 0 Å². The summed E-state index contributed by atoms with van der Waals surface area (Å²) in [6.45, 7) is 1.81. The summed E-state index contributed by atoms with van der Waals surface area (Å²) in [6.07, 6.45) is 3.80. The number of hydrogen-bond donors (Lipinski definition) is 1. The highest BCUT2D eigenvalue weighted by atomic mass is 79.9. The average molecular weight is 314 g/mol. The summed E-state index contributed by atoms with van der Waals surface area (Å²) >= 11 is 3.24. The number of nitrogens with one attached hydrogen (secondary N) is 1. The third-order valence-electron chi connectivity index (χ3n) is 3.73. The van der Waals surface area contributed by atoms with Crippen molar-refractivity contribution in [3.8, 4) is 0 Å². The summed E-state index contributed by atoms with van der Waals surface area (Å²) in [6, 6.07) is 5.91. The zero-order valence-electron chi connectivity index (χ0n) is 10.2. The molecule has 0 amide bonds. The second-order valence-electron chi connectivity index (χ2n) is 5.20. The molecule has 18 heavy (non-hydrogen) atoms. The van der Waals surface area contributed by atoms with E-state index in [1.54, 1.807) is 0 Å². The van der Waals surface area contributed by atoms with E-state index >= 15 is 0 Å². The number of benzene rings is 1. The van der Waals surface area contributed by atoms with Crippen LogP contribution in [0.4, 0.5) is 4.39 Å². The number of rotatable bonds is 4. The van der Waals surface area contributed by atoms with Crippen LogP contribution in [0.15, 0.2) is 22.7 Å². The first-order valence-corrected chi connectivity index (χ1v) is 7.33. The molecule has 0 aromatic heterocycles. The molecule has 1 aromatic rings. The number of ether oxygens (including phenoxy) is 1. The Bertz CT molecular complexity index is 436. The third-order valence-corrected chi connectivity index (χ3v) is 4.34. The largest absolute Gasteiger partial charge is 0.373 e. The van der Waals surface area contributed by atoms with Crippen LogP contribution >= 0.6 is 15.9 Å². The normalized spacial score (nSPS) is 27.7. The van der Waals surface area contributed by atoms with Crippen LogP contribution < -0.4 is 5.32 Å². The molecule has 1 aliphatic carbocycles. The van der Waals surface area contributed by atoms with Gasteiger partial charge in [0.15, 0.2) is 0 Å². The predicted molar refractivity (Wildman–Crippen MR) is 71.9 cm³/mol. The lowest BCUT2D eigenvalue weighted by Crippen LogP contribution is -2.26. The molecule has 2 unspecified atom stereocenters. The van der Waals surface area contributed by atoms with Crippen molar-refractivity contribution in [1.29, 1.82) is 0 Å². The second kappa shape index (κ2) is 5.27. The topological polar surface area (TPSA) is 21.3 Å². The van der Waals surface area contributed by atoms with Gasteiger partial charge < -0.3 is 10.1 Å². The monoisotopic (exact) mass is 313 g/mol. The Morgan fingerprint density at radius 2 is 2.17 bits per heavy atom. The number of halogens is 2. The van der Waals surface area contributed by atoms with Gasteiger partial charge >= 0.3 is 0 Å². The van der Waals surface area contributed by atoms with E-state index in [0.29, 0.717) is 10.4 Å². The zero-order valence-corrected chi connectivity index (χ0v) is 11.7. The van der Waals surface area contributed by atoms with Gasteiger partial charge in [-0.1, -0.05) is 6.07 Å². The van der Waals surface area contributed by atoms with Gasteiger partial charge in [0.25, 0.3) is 0 Å². The smallest absolute Gasteiger partial charge is 0.137 e. The maximum atomic E-state index is 13.2. The minimum Gasteiger partial charge on any atom is -0.373 e. The van der Waals surface area contributed by atoms with Gasteiger partial charge in [0.2, 0.25) is 0 Å². The van der Waals surface area contributed by atoms with E-state index in [2.05, 4.69) is 21.2 Å². The van der Waals surface area contributed by atoms with Gasteiger partial charge in [-0.3, -0.25) is 0 Å². The maximum absolute atomic E-state index is 13.2. The first kappa shape index (κ1) is 12.6. The highest BCUT2D eigenvalue weighted by molar-refractivity contribution is 9.10. The van der Waals surface area contributed by atoms with E-state index in [-0.39, 0.29) is 11.9 Å². The lowest BCUT2D eigenvalue weighted by atomic mass is 9.95. The van der Waals surface area contributed by atoms with Crippen LogP contribution in [0.1, 0.15) is 30.9 Å². The van der Waals surface area contributed by atoms with Gasteiger partial charge in [-0.25, -0.2) is 4.39 Å². The first-order valence-electron chi connectivity index (χ1n) is 6.54. The molecule has 98 valence electrons. The van der Waals surface area contributed by atoms with Crippen molar-refractivity contribution in [2.45, 2.75) is 31.4 Å². The highest BCUT2D eigenvalue weighted by Gasteiger charge is 2.31. The molecule has 2 aliphatic rings. The second-order valence-corrected chi connectivity index (χ2v) is 6.05. The molecule has 0 spiro atoms. The molecule has 3 rings (SSSR count). The van der Waals surface area contributed by atoms with Crippen LogP contribution in [0.2, 0.25) is 0 Å². The fraction of sp³-hybridized carbons (Fsp3) is 0.571. The molecule has 0 radical (unpaired) electrons. The van der Waals surface area contributed by atoms with Crippen molar-refractivity contribution in [2.75, 3.05) is 13.2 Å². The SMILES string of the molecule is Fc1ccc(C2OCCC2CNC2CC2)cc1Br. The average Bonchev–Trinajstić information content (AvgIpc) is 3.08. The van der Waals surface area contributed by atoms with E-state index in [1.165, 1.54) is 18.9 Å². The highest BCUT2D eigenvalue weighted by Crippen LogP contribution is 2.36. The van der Waals surface area contributed by atoms with Crippen molar-refractivity contribution in [2.24, 2.45) is 5.92 Å². The molecule has 1 heterocycles. The lowest BCUT2D eigenvalue weighted by molar-refractivity contribution is 0.0903. The Morgan fingerprint density at radius 1 is 1.33 bits per heavy atom. The van der Waals surface area contributed by atoms with E-state index < -0.39 is 0 Å². The fourth-order valence-electron chi connectivity index (χ4n) is 2.51. The molecule has 1 aromatic carbocycles. The zero-order chi connectivity index (χ0) is 12.5. The van der Waals surface area contributed by atoms with Crippen LogP contribution in [0.3, 0.4) is 0 Å². The van der Waals surface area contributed by atoms with Crippen molar-refractivity contribution in [3.05, 3.63) is 34.1 Å². The predicted octanol–water partition coefficient (Wildman–Crippen LogP) is 3.42. The molecule has 4 heteroatoms. The van der Waals surface area contributed by atoms with Crippen LogP contribution in [-0.4, -0.2) is 19.2 Å². The van der Waals surface area contributed by atoms with E-state index in [4.69, 9.17) is 4.74 Å². The molecule has 1 N–H and O–H groups in total. The minimum atomic E-state index is -0.218. The van der Waals surface area contributed by atoms with Gasteiger partial charge in [-0.15, -0.1) is 0 Å². The molecular weight excluding hydrogens is 297 g/mol. The summed E-state index contributed by atoms with van der Waals surface area (Å²) in [5.74, 6) is 0.285. The lowest BCUT2D eigenvalue weighted by Gasteiger charge is -2.19. The van der Waals surface area contributed by atoms with Crippen LogP contribution in [0, 0.1) is 11.7 Å². The number of hydrogen-bond acceptors (Lipinski definition) is 2. The van der Waals surface area contributed by atoms with Gasteiger partial charge in [0, 0.05) is 25.1 Å². The van der Waals surface area contributed by atoms with Gasteiger partial charge in [-0.2, -0.15) is 0 Å². The summed E-state index contributed by atoms with van der Waals surface area (Å²) in [5, 5.41) is 3.56. The first-order chi connectivity index (χ1) is 8.74. The molecule has 1 saturated carbocycles. The van der Waals surface area contributed by atoms with Gasteiger partial charge in [-0.05, 0) is 52.9 Å². The Labute approximate surface area is 115 Å². The van der Waals surface area contributed by atoms with Crippen molar-refractivity contribution in [1.82, 2.24) is 5.32 Å². The van der Waals surface area contributed by atoms with Crippen molar-refractivity contribution >= 4 is 15.9 Å². The quantitative estimate of drug-likeness (QED) is 0.919. The molecular formula is C14H17BrFNO. The Hall–Kier alpha value is -0.450.